The molecule has 214 valence electrons. The SMILES string of the molecule is C#CC[C@]1(CO)O[C@H](OC2[C@@H](CO)O[C@@H](OC3[C@@H](CO)O[C@@H](O)[C@H](N)[C@H]3O)[C@H](N)[C@H]2O)[C@H](N)[C@@H](O)[C@@H]1O. The van der Waals surface area contributed by atoms with Crippen LogP contribution in [0.25, 0.3) is 0 Å². The summed E-state index contributed by atoms with van der Waals surface area (Å²) in [5.74, 6) is 2.24. The van der Waals surface area contributed by atoms with Crippen LogP contribution in [0.1, 0.15) is 6.42 Å². The quantitative estimate of drug-likeness (QED) is 0.128. The van der Waals surface area contributed by atoms with Crippen molar-refractivity contribution < 1.29 is 64.5 Å². The Morgan fingerprint density at radius 3 is 1.81 bits per heavy atom. The maximum Gasteiger partial charge on any atom is 0.176 e. The Labute approximate surface area is 212 Å². The van der Waals surface area contributed by atoms with Gasteiger partial charge in [-0.1, -0.05) is 0 Å². The first kappa shape index (κ1) is 30.5. The Balaban J connectivity index is 1.77. The zero-order valence-corrected chi connectivity index (χ0v) is 19.8. The average molecular weight is 540 g/mol. The lowest BCUT2D eigenvalue weighted by Crippen LogP contribution is -2.71. The number of rotatable bonds is 8. The second-order valence-corrected chi connectivity index (χ2v) is 9.41. The number of aliphatic hydroxyl groups excluding tert-OH is 8. The van der Waals surface area contributed by atoms with Gasteiger partial charge >= 0.3 is 0 Å². The molecule has 0 radical (unpaired) electrons. The summed E-state index contributed by atoms with van der Waals surface area (Å²) >= 11 is 0. The van der Waals surface area contributed by atoms with Crippen molar-refractivity contribution >= 4 is 0 Å². The van der Waals surface area contributed by atoms with E-state index in [1.165, 1.54) is 0 Å². The van der Waals surface area contributed by atoms with Gasteiger partial charge in [-0.05, 0) is 0 Å². The molecule has 3 rings (SSSR count). The predicted octanol–water partition coefficient (Wildman–Crippen LogP) is -7.28. The number of terminal acetylenes is 1. The minimum atomic E-state index is -1.82. The highest BCUT2D eigenvalue weighted by Gasteiger charge is 2.55. The van der Waals surface area contributed by atoms with Crippen molar-refractivity contribution in [3.8, 4) is 12.3 Å². The van der Waals surface area contributed by atoms with Crippen LogP contribution in [0.4, 0.5) is 0 Å². The van der Waals surface area contributed by atoms with Gasteiger partial charge in [0.05, 0.1) is 37.9 Å². The van der Waals surface area contributed by atoms with Gasteiger partial charge < -0.3 is 81.7 Å². The molecule has 3 fully saturated rings. The zero-order valence-electron chi connectivity index (χ0n) is 19.8. The van der Waals surface area contributed by atoms with Crippen LogP contribution < -0.4 is 17.2 Å². The third-order valence-corrected chi connectivity index (χ3v) is 6.99. The van der Waals surface area contributed by atoms with Gasteiger partial charge in [0.15, 0.2) is 18.9 Å². The van der Waals surface area contributed by atoms with Gasteiger partial charge in [0.25, 0.3) is 0 Å². The molecule has 14 N–H and O–H groups in total. The topological polar surface area (TPSA) is 286 Å². The molecular weight excluding hydrogens is 502 g/mol. The highest BCUT2D eigenvalue weighted by atomic mass is 16.7. The van der Waals surface area contributed by atoms with Crippen LogP contribution in [0, 0.1) is 12.3 Å². The molecule has 0 aromatic heterocycles. The molecular formula is C21H37N3O13. The van der Waals surface area contributed by atoms with Crippen LogP contribution in [0.3, 0.4) is 0 Å². The highest BCUT2D eigenvalue weighted by molar-refractivity contribution is 5.08. The van der Waals surface area contributed by atoms with E-state index in [0.29, 0.717) is 0 Å². The van der Waals surface area contributed by atoms with Gasteiger partial charge in [-0.25, -0.2) is 0 Å². The van der Waals surface area contributed by atoms with E-state index in [1.807, 2.05) is 0 Å². The lowest BCUT2D eigenvalue weighted by atomic mass is 9.84. The van der Waals surface area contributed by atoms with E-state index in [2.05, 4.69) is 5.92 Å². The van der Waals surface area contributed by atoms with Crippen LogP contribution in [0.5, 0.6) is 0 Å². The number of hydrogen-bond donors (Lipinski definition) is 11. The molecule has 0 aliphatic carbocycles. The predicted molar refractivity (Wildman–Crippen MR) is 120 cm³/mol. The molecule has 0 bridgehead atoms. The fraction of sp³-hybridized carbons (Fsp3) is 0.905. The monoisotopic (exact) mass is 539 g/mol. The first-order chi connectivity index (χ1) is 17.5. The molecule has 0 saturated carbocycles. The van der Waals surface area contributed by atoms with E-state index in [4.69, 9.17) is 47.3 Å². The van der Waals surface area contributed by atoms with Gasteiger partial charge in [0.2, 0.25) is 0 Å². The van der Waals surface area contributed by atoms with Crippen molar-refractivity contribution in [1.29, 1.82) is 0 Å². The second-order valence-electron chi connectivity index (χ2n) is 9.41. The summed E-state index contributed by atoms with van der Waals surface area (Å²) in [5.41, 5.74) is 15.9. The molecule has 2 unspecified atom stereocenters. The zero-order chi connectivity index (χ0) is 27.7. The maximum atomic E-state index is 10.9. The lowest BCUT2D eigenvalue weighted by Gasteiger charge is -2.50. The van der Waals surface area contributed by atoms with Crippen molar-refractivity contribution in [3.05, 3.63) is 0 Å². The largest absolute Gasteiger partial charge is 0.394 e. The number of aliphatic hydroxyl groups is 8. The maximum absolute atomic E-state index is 10.9. The Bertz CT molecular complexity index is 787. The first-order valence-electron chi connectivity index (χ1n) is 11.7. The summed E-state index contributed by atoms with van der Waals surface area (Å²) in [6.07, 6.45) is -11.3. The molecule has 16 nitrogen and oxygen atoms in total. The molecule has 3 heterocycles. The molecule has 37 heavy (non-hydrogen) atoms. The standard InChI is InChI=1S/C21H37N3O13/c1-2-3-21(6-27)17(31)14(30)11(24)20(37-21)36-16-8(5-26)34-19(10(23)13(16)29)35-15-7(4-25)33-18(32)9(22)12(15)28/h1,7-20,25-32H,3-6,22-24H2/t7-,8-,9-,10-,11-,12-,13-,14-,15?,16?,17+,18-,19+,20+,21-/m1/s1. The lowest BCUT2D eigenvalue weighted by molar-refractivity contribution is -0.360. The molecule has 3 aliphatic rings. The Morgan fingerprint density at radius 1 is 0.757 bits per heavy atom. The minimum Gasteiger partial charge on any atom is -0.394 e. The van der Waals surface area contributed by atoms with Crippen LogP contribution in [-0.2, 0) is 23.7 Å². The fourth-order valence-electron chi connectivity index (χ4n) is 4.64. The van der Waals surface area contributed by atoms with E-state index >= 15 is 0 Å². The molecule has 16 heteroatoms. The van der Waals surface area contributed by atoms with E-state index in [-0.39, 0.29) is 6.42 Å². The van der Waals surface area contributed by atoms with Crippen molar-refractivity contribution in [2.24, 2.45) is 17.2 Å². The van der Waals surface area contributed by atoms with Crippen LogP contribution in [0.15, 0.2) is 0 Å². The third-order valence-electron chi connectivity index (χ3n) is 6.99. The van der Waals surface area contributed by atoms with Crippen molar-refractivity contribution in [1.82, 2.24) is 0 Å². The van der Waals surface area contributed by atoms with E-state index in [0.717, 1.165) is 0 Å². The molecule has 3 aliphatic heterocycles. The van der Waals surface area contributed by atoms with Gasteiger partial charge in [0.1, 0.15) is 54.4 Å². The third kappa shape index (κ3) is 5.78. The summed E-state index contributed by atoms with van der Waals surface area (Å²) in [5, 5.41) is 81.3. The normalized spacial score (nSPS) is 51.0. The molecule has 0 amide bonds. The first-order valence-corrected chi connectivity index (χ1v) is 11.7. The second kappa shape index (κ2) is 12.4. The minimum absolute atomic E-state index is 0.314. The van der Waals surface area contributed by atoms with Crippen LogP contribution in [-0.4, -0.2) is 152 Å². The van der Waals surface area contributed by atoms with Crippen LogP contribution in [0.2, 0.25) is 0 Å². The average Bonchev–Trinajstić information content (AvgIpc) is 2.89. The highest BCUT2D eigenvalue weighted by Crippen LogP contribution is 2.35. The summed E-state index contributed by atoms with van der Waals surface area (Å²) in [6.45, 7) is -2.19. The van der Waals surface area contributed by atoms with Gasteiger partial charge in [-0.2, -0.15) is 0 Å². The van der Waals surface area contributed by atoms with Gasteiger partial charge in [-0.3, -0.25) is 0 Å². The fourth-order valence-corrected chi connectivity index (χ4v) is 4.64. The molecule has 0 aromatic carbocycles. The number of hydrogen-bond acceptors (Lipinski definition) is 16. The van der Waals surface area contributed by atoms with Gasteiger partial charge in [0, 0.05) is 6.42 Å². The summed E-state index contributed by atoms with van der Waals surface area (Å²) < 4.78 is 27.9. The van der Waals surface area contributed by atoms with E-state index in [1.54, 1.807) is 0 Å². The van der Waals surface area contributed by atoms with Crippen molar-refractivity contribution in [2.45, 2.75) is 97.8 Å². The van der Waals surface area contributed by atoms with Crippen molar-refractivity contribution in [3.63, 3.8) is 0 Å². The van der Waals surface area contributed by atoms with Crippen LogP contribution >= 0.6 is 0 Å². The molecule has 0 aromatic rings. The Kier molecular flexibility index (Phi) is 10.2. The number of ether oxygens (including phenoxy) is 5. The summed E-state index contributed by atoms with van der Waals surface area (Å²) in [4.78, 5) is 0. The molecule has 0 spiro atoms. The Morgan fingerprint density at radius 2 is 1.27 bits per heavy atom. The molecule has 15 atom stereocenters. The smallest absolute Gasteiger partial charge is 0.176 e. The Hall–Kier alpha value is -1.08. The number of nitrogens with two attached hydrogens (primary N) is 3. The summed E-state index contributed by atoms with van der Waals surface area (Å²) in [7, 11) is 0. The van der Waals surface area contributed by atoms with Crippen molar-refractivity contribution in [2.75, 3.05) is 19.8 Å². The van der Waals surface area contributed by atoms with E-state index < -0.39 is 111 Å². The van der Waals surface area contributed by atoms with Gasteiger partial charge in [-0.15, -0.1) is 12.3 Å². The summed E-state index contributed by atoms with van der Waals surface area (Å²) in [6, 6.07) is -4.02. The molecule has 3 saturated heterocycles. The van der Waals surface area contributed by atoms with E-state index in [9.17, 15) is 40.9 Å².